The molecule has 1 aliphatic rings. The van der Waals surface area contributed by atoms with E-state index in [0.717, 1.165) is 6.07 Å². The maximum Gasteiger partial charge on any atom is 0.308 e. The molecule has 0 amide bonds. The SMILES string of the molecule is COc1cc(O)c2c(c1O)C(=O)c1cc(C)c(OC(C)=O)cc1C2=O. The monoisotopic (exact) mass is 342 g/mol. The molecule has 0 saturated carbocycles. The Morgan fingerprint density at radius 2 is 1.56 bits per heavy atom. The van der Waals surface area contributed by atoms with Crippen LogP contribution in [-0.4, -0.2) is 34.9 Å². The van der Waals surface area contributed by atoms with Gasteiger partial charge < -0.3 is 19.7 Å². The minimum absolute atomic E-state index is 0.0146. The van der Waals surface area contributed by atoms with Gasteiger partial charge in [-0.2, -0.15) is 0 Å². The van der Waals surface area contributed by atoms with Crippen molar-refractivity contribution < 1.29 is 34.1 Å². The second-order valence-electron chi connectivity index (χ2n) is 5.61. The number of fused-ring (bicyclic) bond motifs is 2. The molecule has 0 aromatic heterocycles. The van der Waals surface area contributed by atoms with Gasteiger partial charge in [0.25, 0.3) is 0 Å². The quantitative estimate of drug-likeness (QED) is 0.417. The van der Waals surface area contributed by atoms with Crippen molar-refractivity contribution in [3.63, 3.8) is 0 Å². The first-order chi connectivity index (χ1) is 11.8. The van der Waals surface area contributed by atoms with Crippen molar-refractivity contribution in [2.45, 2.75) is 13.8 Å². The van der Waals surface area contributed by atoms with Gasteiger partial charge >= 0.3 is 5.97 Å². The first kappa shape index (κ1) is 16.5. The van der Waals surface area contributed by atoms with Crippen LogP contribution in [0.15, 0.2) is 18.2 Å². The van der Waals surface area contributed by atoms with E-state index < -0.39 is 29.0 Å². The van der Waals surface area contributed by atoms with Gasteiger partial charge in [-0.25, -0.2) is 0 Å². The fraction of sp³-hybridized carbons (Fsp3) is 0.167. The van der Waals surface area contributed by atoms with Crippen molar-refractivity contribution in [1.29, 1.82) is 0 Å². The number of phenols is 2. The largest absolute Gasteiger partial charge is 0.507 e. The molecule has 2 aromatic carbocycles. The highest BCUT2D eigenvalue weighted by molar-refractivity contribution is 6.30. The lowest BCUT2D eigenvalue weighted by Gasteiger charge is -2.21. The fourth-order valence-corrected chi connectivity index (χ4v) is 2.84. The van der Waals surface area contributed by atoms with E-state index in [-0.39, 0.29) is 33.8 Å². The molecule has 7 nitrogen and oxygen atoms in total. The van der Waals surface area contributed by atoms with Crippen molar-refractivity contribution >= 4 is 17.5 Å². The number of phenolic OH excluding ortho intramolecular Hbond substituents is 2. The number of hydrogen-bond donors (Lipinski definition) is 2. The number of carbonyl (C=O) groups is 3. The number of carbonyl (C=O) groups excluding carboxylic acids is 3. The van der Waals surface area contributed by atoms with Crippen LogP contribution in [0.2, 0.25) is 0 Å². The molecule has 2 N–H and O–H groups in total. The number of ether oxygens (including phenoxy) is 2. The van der Waals surface area contributed by atoms with Crippen LogP contribution in [0, 0.1) is 6.92 Å². The highest BCUT2D eigenvalue weighted by atomic mass is 16.5. The summed E-state index contributed by atoms with van der Waals surface area (Å²) in [5, 5.41) is 20.4. The van der Waals surface area contributed by atoms with E-state index >= 15 is 0 Å². The Bertz CT molecular complexity index is 957. The van der Waals surface area contributed by atoms with E-state index in [2.05, 4.69) is 0 Å². The summed E-state index contributed by atoms with van der Waals surface area (Å²) < 4.78 is 9.96. The van der Waals surface area contributed by atoms with Crippen LogP contribution in [0.25, 0.3) is 0 Å². The topological polar surface area (TPSA) is 110 Å². The highest BCUT2D eigenvalue weighted by Gasteiger charge is 2.36. The standard InChI is InChI=1S/C18H14O7/c1-7-4-9-10(5-12(7)25-8(2)19)16(21)14-11(20)6-13(24-3)18(23)15(14)17(9)22/h4-6,20,23H,1-3H3. The van der Waals surface area contributed by atoms with Crippen molar-refractivity contribution in [3.8, 4) is 23.0 Å². The third-order valence-electron chi connectivity index (χ3n) is 3.98. The molecule has 0 heterocycles. The van der Waals surface area contributed by atoms with Crippen LogP contribution < -0.4 is 9.47 Å². The predicted molar refractivity (Wildman–Crippen MR) is 85.7 cm³/mol. The lowest BCUT2D eigenvalue weighted by atomic mass is 9.82. The molecule has 128 valence electrons. The smallest absolute Gasteiger partial charge is 0.308 e. The number of benzene rings is 2. The number of aryl methyl sites for hydroxylation is 1. The minimum Gasteiger partial charge on any atom is -0.507 e. The number of aromatic hydroxyl groups is 2. The van der Waals surface area contributed by atoms with Crippen LogP contribution >= 0.6 is 0 Å². The highest BCUT2D eigenvalue weighted by Crippen LogP contribution is 2.44. The molecule has 0 unspecified atom stereocenters. The van der Waals surface area contributed by atoms with E-state index in [0.29, 0.717) is 5.56 Å². The van der Waals surface area contributed by atoms with Gasteiger partial charge in [0.2, 0.25) is 0 Å². The summed E-state index contributed by atoms with van der Waals surface area (Å²) >= 11 is 0. The van der Waals surface area contributed by atoms with Crippen LogP contribution in [0.3, 0.4) is 0 Å². The third-order valence-corrected chi connectivity index (χ3v) is 3.98. The number of esters is 1. The molecule has 7 heteroatoms. The minimum atomic E-state index is -0.659. The summed E-state index contributed by atoms with van der Waals surface area (Å²) in [5.41, 5.74) is -0.111. The number of ketones is 2. The van der Waals surface area contributed by atoms with Crippen LogP contribution in [0.5, 0.6) is 23.0 Å². The molecule has 0 spiro atoms. The zero-order valence-electron chi connectivity index (χ0n) is 13.7. The van der Waals surface area contributed by atoms with Gasteiger partial charge in [-0.1, -0.05) is 0 Å². The molecular formula is C18H14O7. The summed E-state index contributed by atoms with van der Waals surface area (Å²) in [7, 11) is 1.26. The van der Waals surface area contributed by atoms with Gasteiger partial charge in [0, 0.05) is 24.1 Å². The Balaban J connectivity index is 2.28. The second-order valence-corrected chi connectivity index (χ2v) is 5.61. The molecule has 1 aliphatic carbocycles. The summed E-state index contributed by atoms with van der Waals surface area (Å²) in [6.45, 7) is 2.84. The van der Waals surface area contributed by atoms with Gasteiger partial charge in [-0.15, -0.1) is 0 Å². The molecule has 0 radical (unpaired) electrons. The molecule has 3 rings (SSSR count). The van der Waals surface area contributed by atoms with Crippen molar-refractivity contribution in [3.05, 3.63) is 46.0 Å². The Labute approximate surface area is 142 Å². The first-order valence-corrected chi connectivity index (χ1v) is 7.31. The van der Waals surface area contributed by atoms with Gasteiger partial charge in [-0.3, -0.25) is 14.4 Å². The van der Waals surface area contributed by atoms with Crippen LogP contribution in [0.4, 0.5) is 0 Å². The third kappa shape index (κ3) is 2.40. The normalized spacial score (nSPS) is 12.4. The Hall–Kier alpha value is -3.35. The summed E-state index contributed by atoms with van der Waals surface area (Å²) in [6, 6.07) is 3.76. The van der Waals surface area contributed by atoms with E-state index in [1.54, 1.807) is 6.92 Å². The van der Waals surface area contributed by atoms with Crippen molar-refractivity contribution in [1.82, 2.24) is 0 Å². The molecule has 0 bridgehead atoms. The van der Waals surface area contributed by atoms with Crippen molar-refractivity contribution in [2.75, 3.05) is 7.11 Å². The maximum atomic E-state index is 12.8. The number of rotatable bonds is 2. The number of hydrogen-bond acceptors (Lipinski definition) is 7. The fourth-order valence-electron chi connectivity index (χ4n) is 2.84. The lowest BCUT2D eigenvalue weighted by molar-refractivity contribution is -0.131. The average molecular weight is 342 g/mol. The zero-order valence-corrected chi connectivity index (χ0v) is 13.7. The van der Waals surface area contributed by atoms with Crippen LogP contribution in [-0.2, 0) is 4.79 Å². The molecular weight excluding hydrogens is 328 g/mol. The van der Waals surface area contributed by atoms with Gasteiger partial charge in [-0.05, 0) is 24.6 Å². The zero-order chi connectivity index (χ0) is 18.5. The van der Waals surface area contributed by atoms with E-state index in [1.807, 2.05) is 0 Å². The summed E-state index contributed by atoms with van der Waals surface area (Å²) in [6.07, 6.45) is 0. The lowest BCUT2D eigenvalue weighted by Crippen LogP contribution is -2.22. The molecule has 0 fully saturated rings. The Kier molecular flexibility index (Phi) is 3.71. The van der Waals surface area contributed by atoms with Crippen molar-refractivity contribution in [2.24, 2.45) is 0 Å². The van der Waals surface area contributed by atoms with E-state index in [1.165, 1.54) is 26.2 Å². The number of methoxy groups -OCH3 is 1. The van der Waals surface area contributed by atoms with E-state index in [9.17, 15) is 24.6 Å². The molecule has 25 heavy (non-hydrogen) atoms. The summed E-state index contributed by atoms with van der Waals surface area (Å²) in [5.74, 6) is -2.82. The molecule has 0 aliphatic heterocycles. The molecule has 2 aromatic rings. The first-order valence-electron chi connectivity index (χ1n) is 7.31. The Morgan fingerprint density at radius 1 is 0.960 bits per heavy atom. The van der Waals surface area contributed by atoms with Crippen LogP contribution in [0.1, 0.15) is 44.3 Å². The average Bonchev–Trinajstić information content (AvgIpc) is 2.55. The maximum absolute atomic E-state index is 12.8. The Morgan fingerprint density at radius 3 is 2.16 bits per heavy atom. The molecule has 0 saturated heterocycles. The van der Waals surface area contributed by atoms with Gasteiger partial charge in [0.15, 0.2) is 23.1 Å². The van der Waals surface area contributed by atoms with Gasteiger partial charge in [0.05, 0.1) is 18.2 Å². The van der Waals surface area contributed by atoms with Gasteiger partial charge in [0.1, 0.15) is 11.5 Å². The van der Waals surface area contributed by atoms with E-state index in [4.69, 9.17) is 9.47 Å². The second kappa shape index (κ2) is 5.62. The predicted octanol–water partition coefficient (Wildman–Crippen LogP) is 2.12. The summed E-state index contributed by atoms with van der Waals surface area (Å²) in [4.78, 5) is 36.8. The molecule has 0 atom stereocenters.